The molecule has 0 radical (unpaired) electrons. The molecule has 9 heteroatoms. The van der Waals surface area contributed by atoms with Crippen LogP contribution in [-0.4, -0.2) is 64.0 Å². The fourth-order valence-corrected chi connectivity index (χ4v) is 4.15. The summed E-state index contributed by atoms with van der Waals surface area (Å²) in [4.78, 5) is 23.7. The van der Waals surface area contributed by atoms with E-state index in [4.69, 9.17) is 14.5 Å². The van der Waals surface area contributed by atoms with Gasteiger partial charge in [0.25, 0.3) is 5.91 Å². The van der Waals surface area contributed by atoms with E-state index in [1.165, 1.54) is 0 Å². The van der Waals surface area contributed by atoms with E-state index in [0.29, 0.717) is 43.6 Å². The number of rotatable bonds is 5. The summed E-state index contributed by atoms with van der Waals surface area (Å²) in [6.45, 7) is 4.42. The highest BCUT2D eigenvalue weighted by atomic mass is 16.5. The molecule has 0 unspecified atom stereocenters. The van der Waals surface area contributed by atoms with Crippen molar-refractivity contribution in [3.8, 4) is 16.9 Å². The number of carbonyl (C=O) groups excluding carboxylic acids is 1. The summed E-state index contributed by atoms with van der Waals surface area (Å²) in [7, 11) is 3.53. The van der Waals surface area contributed by atoms with Gasteiger partial charge in [-0.2, -0.15) is 5.10 Å². The number of hydrogen-bond donors (Lipinski definition) is 1. The molecule has 1 N–H and O–H groups in total. The van der Waals surface area contributed by atoms with E-state index >= 15 is 0 Å². The summed E-state index contributed by atoms with van der Waals surface area (Å²) >= 11 is 0. The fraction of sp³-hybridized carbons (Fsp3) is 0.280. The maximum absolute atomic E-state index is 12.7. The van der Waals surface area contributed by atoms with Crippen LogP contribution in [0.2, 0.25) is 0 Å². The Morgan fingerprint density at radius 2 is 1.91 bits per heavy atom. The second-order valence-electron chi connectivity index (χ2n) is 8.24. The third-order valence-corrected chi connectivity index (χ3v) is 5.94. The maximum Gasteiger partial charge on any atom is 0.254 e. The van der Waals surface area contributed by atoms with Crippen LogP contribution < -0.4 is 10.1 Å². The van der Waals surface area contributed by atoms with Crippen molar-refractivity contribution in [3.05, 3.63) is 60.0 Å². The van der Waals surface area contributed by atoms with Gasteiger partial charge in [0.2, 0.25) is 5.95 Å². The van der Waals surface area contributed by atoms with E-state index in [1.807, 2.05) is 55.5 Å². The van der Waals surface area contributed by atoms with Crippen LogP contribution in [-0.2, 0) is 11.8 Å². The molecule has 0 atom stereocenters. The third-order valence-electron chi connectivity index (χ3n) is 5.94. The van der Waals surface area contributed by atoms with Gasteiger partial charge in [0.05, 0.1) is 26.5 Å². The lowest BCUT2D eigenvalue weighted by molar-refractivity contribution is 0.0303. The van der Waals surface area contributed by atoms with Gasteiger partial charge in [-0.05, 0) is 42.8 Å². The number of methoxy groups -OCH3 is 1. The first-order valence-electron chi connectivity index (χ1n) is 11.1. The van der Waals surface area contributed by atoms with Gasteiger partial charge in [0, 0.05) is 60.3 Å². The molecule has 0 aliphatic carbocycles. The molecule has 3 heterocycles. The average molecular weight is 459 g/mol. The number of ether oxygens (including phenoxy) is 2. The summed E-state index contributed by atoms with van der Waals surface area (Å²) in [5, 5.41) is 8.44. The van der Waals surface area contributed by atoms with Crippen molar-refractivity contribution in [2.24, 2.45) is 7.05 Å². The van der Waals surface area contributed by atoms with E-state index < -0.39 is 0 Å². The van der Waals surface area contributed by atoms with Crippen LogP contribution in [0.5, 0.6) is 5.75 Å². The Labute approximate surface area is 197 Å². The van der Waals surface area contributed by atoms with Crippen molar-refractivity contribution in [2.45, 2.75) is 6.92 Å². The predicted octanol–water partition coefficient (Wildman–Crippen LogP) is 3.56. The number of nitrogens with zero attached hydrogens (tertiary/aromatic N) is 5. The van der Waals surface area contributed by atoms with Crippen LogP contribution in [0.3, 0.4) is 0 Å². The quantitative estimate of drug-likeness (QED) is 0.489. The molecule has 9 nitrogen and oxygen atoms in total. The van der Waals surface area contributed by atoms with Crippen molar-refractivity contribution in [2.75, 3.05) is 38.7 Å². The van der Waals surface area contributed by atoms with Crippen molar-refractivity contribution in [1.29, 1.82) is 0 Å². The summed E-state index contributed by atoms with van der Waals surface area (Å²) < 4.78 is 12.9. The molecule has 34 heavy (non-hydrogen) atoms. The summed E-state index contributed by atoms with van der Waals surface area (Å²) in [6.07, 6.45) is 5.55. The zero-order valence-corrected chi connectivity index (χ0v) is 19.4. The van der Waals surface area contributed by atoms with Gasteiger partial charge < -0.3 is 19.7 Å². The minimum atomic E-state index is 0.0138. The Hall–Kier alpha value is -3.98. The summed E-state index contributed by atoms with van der Waals surface area (Å²) in [5.41, 5.74) is 5.08. The van der Waals surface area contributed by atoms with E-state index in [1.54, 1.807) is 18.0 Å². The van der Waals surface area contributed by atoms with Gasteiger partial charge in [-0.25, -0.2) is 9.97 Å². The second kappa shape index (κ2) is 9.11. The largest absolute Gasteiger partial charge is 0.494 e. The number of carbonyl (C=O) groups is 1. The molecule has 5 rings (SSSR count). The number of fused-ring (bicyclic) bond motifs is 1. The van der Waals surface area contributed by atoms with Gasteiger partial charge in [-0.3, -0.25) is 9.48 Å². The lowest BCUT2D eigenvalue weighted by atomic mass is 10.0. The van der Waals surface area contributed by atoms with Crippen LogP contribution >= 0.6 is 0 Å². The van der Waals surface area contributed by atoms with Crippen LogP contribution in [0.15, 0.2) is 48.9 Å². The third kappa shape index (κ3) is 4.17. The number of amides is 1. The molecule has 1 aliphatic heterocycles. The van der Waals surface area contributed by atoms with Crippen LogP contribution in [0, 0.1) is 6.92 Å². The molecule has 1 aliphatic rings. The van der Waals surface area contributed by atoms with Crippen molar-refractivity contribution >= 4 is 28.4 Å². The smallest absolute Gasteiger partial charge is 0.254 e. The molecule has 2 aromatic heterocycles. The molecule has 2 aromatic carbocycles. The molecule has 1 saturated heterocycles. The Morgan fingerprint density at radius 3 is 2.59 bits per heavy atom. The molecule has 4 aromatic rings. The first-order valence-corrected chi connectivity index (χ1v) is 11.1. The fourth-order valence-electron chi connectivity index (χ4n) is 4.15. The van der Waals surface area contributed by atoms with E-state index in [-0.39, 0.29) is 5.91 Å². The first kappa shape index (κ1) is 21.8. The lowest BCUT2D eigenvalue weighted by Gasteiger charge is -2.26. The van der Waals surface area contributed by atoms with Crippen LogP contribution in [0.25, 0.3) is 22.0 Å². The van der Waals surface area contributed by atoms with Gasteiger partial charge in [-0.1, -0.05) is 0 Å². The number of morpholine rings is 1. The van der Waals surface area contributed by atoms with Gasteiger partial charge >= 0.3 is 0 Å². The normalized spacial score (nSPS) is 13.8. The molecule has 1 fully saturated rings. The standard InChI is InChI=1S/C25H26N6O3/c1-16-12-20(18-13-27-30(2)15-18)23(33-3)22-21(16)14-26-25(29-22)28-19-6-4-17(5-7-19)24(32)31-8-10-34-11-9-31/h4-7,12-15H,8-11H2,1-3H3,(H,26,28,29). The molecular formula is C25H26N6O3. The molecular weight excluding hydrogens is 432 g/mol. The minimum Gasteiger partial charge on any atom is -0.494 e. The molecule has 174 valence electrons. The minimum absolute atomic E-state index is 0.0138. The van der Waals surface area contributed by atoms with Gasteiger partial charge in [0.1, 0.15) is 5.52 Å². The predicted molar refractivity (Wildman–Crippen MR) is 129 cm³/mol. The Balaban J connectivity index is 1.43. The van der Waals surface area contributed by atoms with Crippen LogP contribution in [0.1, 0.15) is 15.9 Å². The number of benzene rings is 2. The first-order chi connectivity index (χ1) is 16.5. The molecule has 0 saturated carbocycles. The number of nitrogens with one attached hydrogen (secondary N) is 1. The Bertz CT molecular complexity index is 1340. The highest BCUT2D eigenvalue weighted by Gasteiger charge is 2.19. The van der Waals surface area contributed by atoms with Crippen molar-refractivity contribution in [3.63, 3.8) is 0 Å². The number of anilines is 2. The highest BCUT2D eigenvalue weighted by Crippen LogP contribution is 2.38. The summed E-state index contributed by atoms with van der Waals surface area (Å²) in [6, 6.07) is 9.41. The second-order valence-corrected chi connectivity index (χ2v) is 8.24. The van der Waals surface area contributed by atoms with E-state index in [0.717, 1.165) is 33.3 Å². The summed E-state index contributed by atoms with van der Waals surface area (Å²) in [5.74, 6) is 1.13. The highest BCUT2D eigenvalue weighted by molar-refractivity contribution is 5.95. The van der Waals surface area contributed by atoms with Crippen molar-refractivity contribution in [1.82, 2.24) is 24.6 Å². The Kier molecular flexibility index (Phi) is 5.85. The van der Waals surface area contributed by atoms with E-state index in [2.05, 4.69) is 21.5 Å². The topological polar surface area (TPSA) is 94.4 Å². The van der Waals surface area contributed by atoms with E-state index in [9.17, 15) is 4.79 Å². The number of hydrogen-bond acceptors (Lipinski definition) is 7. The van der Waals surface area contributed by atoms with Gasteiger partial charge in [0.15, 0.2) is 5.75 Å². The Morgan fingerprint density at radius 1 is 1.15 bits per heavy atom. The average Bonchev–Trinajstić information content (AvgIpc) is 3.30. The van der Waals surface area contributed by atoms with Crippen molar-refractivity contribution < 1.29 is 14.3 Å². The number of aryl methyl sites for hydroxylation is 2. The zero-order valence-electron chi connectivity index (χ0n) is 19.4. The molecule has 0 spiro atoms. The monoisotopic (exact) mass is 458 g/mol. The van der Waals surface area contributed by atoms with Gasteiger partial charge in [-0.15, -0.1) is 0 Å². The molecule has 1 amide bonds. The molecule has 0 bridgehead atoms. The lowest BCUT2D eigenvalue weighted by Crippen LogP contribution is -2.40. The number of aromatic nitrogens is 4. The van der Waals surface area contributed by atoms with Crippen LogP contribution in [0.4, 0.5) is 11.6 Å². The SMILES string of the molecule is COc1c(-c2cnn(C)c2)cc(C)c2cnc(Nc3ccc(C(=O)N4CCOCC4)cc3)nc12. The zero-order chi connectivity index (χ0) is 23.7. The maximum atomic E-state index is 12.7.